The van der Waals surface area contributed by atoms with Crippen molar-refractivity contribution < 1.29 is 23.5 Å². The average molecular weight is 434 g/mol. The van der Waals surface area contributed by atoms with Crippen LogP contribution in [0.3, 0.4) is 0 Å². The summed E-state index contributed by atoms with van der Waals surface area (Å²) in [6, 6.07) is 18.7. The number of carbonyl (C=O) groups is 2. The van der Waals surface area contributed by atoms with Gasteiger partial charge in [-0.15, -0.1) is 0 Å². The molecule has 6 nitrogen and oxygen atoms in total. The normalized spacial score (nSPS) is 12.7. The molecule has 0 bridgehead atoms. The lowest BCUT2D eigenvalue weighted by atomic mass is 10.1. The Morgan fingerprint density at radius 2 is 1.78 bits per heavy atom. The first-order chi connectivity index (χ1) is 15.5. The highest BCUT2D eigenvalue weighted by Crippen LogP contribution is 2.35. The van der Waals surface area contributed by atoms with Gasteiger partial charge in [-0.2, -0.15) is 0 Å². The maximum atomic E-state index is 13.2. The van der Waals surface area contributed by atoms with Crippen molar-refractivity contribution in [1.82, 2.24) is 0 Å². The molecule has 3 aromatic carbocycles. The second-order valence-electron chi connectivity index (χ2n) is 7.41. The number of hydrogen-bond acceptors (Lipinski definition) is 4. The summed E-state index contributed by atoms with van der Waals surface area (Å²) in [5.41, 5.74) is 3.13. The Hall–Kier alpha value is -3.87. The molecule has 1 N–H and O–H groups in total. The lowest BCUT2D eigenvalue weighted by Gasteiger charge is -2.29. The van der Waals surface area contributed by atoms with Crippen LogP contribution in [0.2, 0.25) is 0 Å². The van der Waals surface area contributed by atoms with Gasteiger partial charge in [-0.3, -0.25) is 9.59 Å². The first-order valence-electron chi connectivity index (χ1n) is 10.3. The number of anilines is 2. The fourth-order valence-corrected chi connectivity index (χ4v) is 3.40. The molecule has 0 aromatic heterocycles. The van der Waals surface area contributed by atoms with Crippen LogP contribution in [0.4, 0.5) is 15.8 Å². The molecule has 7 heteroatoms. The van der Waals surface area contributed by atoms with Crippen molar-refractivity contribution in [2.75, 3.05) is 23.4 Å². The standard InChI is InChI=1S/C25H23FN2O4/c1-2-17-5-10-21(11-6-17)31-15-24(29)27-20-9-12-22-23(13-20)32-16-25(30)28(22)14-18-3-7-19(26)8-4-18/h3-13H,2,14-16H2,1H3,(H,27,29). The molecular formula is C25H23FN2O4. The molecule has 0 radical (unpaired) electrons. The minimum atomic E-state index is -0.329. The third kappa shape index (κ3) is 5.06. The number of fused-ring (bicyclic) bond motifs is 1. The van der Waals surface area contributed by atoms with Gasteiger partial charge in [0, 0.05) is 11.8 Å². The summed E-state index contributed by atoms with van der Waals surface area (Å²) in [5.74, 6) is 0.284. The molecule has 1 aliphatic rings. The number of nitrogens with zero attached hydrogens (tertiary/aromatic N) is 1. The number of amides is 2. The van der Waals surface area contributed by atoms with Crippen LogP contribution in [0.1, 0.15) is 18.1 Å². The number of hydrogen-bond donors (Lipinski definition) is 1. The van der Waals surface area contributed by atoms with Crippen LogP contribution in [0, 0.1) is 5.82 Å². The highest BCUT2D eigenvalue weighted by molar-refractivity contribution is 5.99. The van der Waals surface area contributed by atoms with E-state index in [9.17, 15) is 14.0 Å². The summed E-state index contributed by atoms with van der Waals surface area (Å²) in [6.07, 6.45) is 0.939. The Bertz CT molecular complexity index is 1110. The Labute approximate surface area is 185 Å². The number of ether oxygens (including phenoxy) is 2. The van der Waals surface area contributed by atoms with E-state index in [0.717, 1.165) is 12.0 Å². The van der Waals surface area contributed by atoms with Crippen LogP contribution in [0.15, 0.2) is 66.7 Å². The zero-order valence-electron chi connectivity index (χ0n) is 17.6. The maximum absolute atomic E-state index is 13.2. The maximum Gasteiger partial charge on any atom is 0.265 e. The monoisotopic (exact) mass is 434 g/mol. The number of benzene rings is 3. The van der Waals surface area contributed by atoms with E-state index in [2.05, 4.69) is 12.2 Å². The molecule has 0 aliphatic carbocycles. The van der Waals surface area contributed by atoms with Crippen LogP contribution in [-0.2, 0) is 22.6 Å². The third-order valence-electron chi connectivity index (χ3n) is 5.14. The van der Waals surface area contributed by atoms with Crippen molar-refractivity contribution in [3.8, 4) is 11.5 Å². The average Bonchev–Trinajstić information content (AvgIpc) is 2.81. The third-order valence-corrected chi connectivity index (χ3v) is 5.14. The van der Waals surface area contributed by atoms with Crippen molar-refractivity contribution in [3.05, 3.63) is 83.7 Å². The fourth-order valence-electron chi connectivity index (χ4n) is 3.40. The Kier molecular flexibility index (Phi) is 6.35. The molecule has 1 aliphatic heterocycles. The van der Waals surface area contributed by atoms with Gasteiger partial charge in [-0.25, -0.2) is 4.39 Å². The summed E-state index contributed by atoms with van der Waals surface area (Å²) in [5, 5.41) is 2.78. The molecule has 1 heterocycles. The van der Waals surface area contributed by atoms with E-state index < -0.39 is 0 Å². The van der Waals surface area contributed by atoms with Crippen LogP contribution < -0.4 is 19.7 Å². The van der Waals surface area contributed by atoms with Gasteiger partial charge in [-0.05, 0) is 53.9 Å². The molecular weight excluding hydrogens is 411 g/mol. The zero-order valence-corrected chi connectivity index (χ0v) is 17.6. The summed E-state index contributed by atoms with van der Waals surface area (Å²) in [7, 11) is 0. The van der Waals surface area contributed by atoms with E-state index in [1.807, 2.05) is 24.3 Å². The molecule has 0 saturated heterocycles. The largest absolute Gasteiger partial charge is 0.484 e. The van der Waals surface area contributed by atoms with Gasteiger partial charge in [0.05, 0.1) is 12.2 Å². The van der Waals surface area contributed by atoms with Crippen molar-refractivity contribution in [1.29, 1.82) is 0 Å². The summed E-state index contributed by atoms with van der Waals surface area (Å²) >= 11 is 0. The molecule has 4 rings (SSSR count). The van der Waals surface area contributed by atoms with Gasteiger partial charge in [0.25, 0.3) is 11.8 Å². The first kappa shape index (κ1) is 21.4. The molecule has 2 amide bonds. The van der Waals surface area contributed by atoms with Gasteiger partial charge < -0.3 is 19.7 Å². The highest BCUT2D eigenvalue weighted by Gasteiger charge is 2.26. The molecule has 0 spiro atoms. The molecule has 164 valence electrons. The van der Waals surface area contributed by atoms with Crippen molar-refractivity contribution >= 4 is 23.2 Å². The van der Waals surface area contributed by atoms with Crippen LogP contribution in [0.5, 0.6) is 11.5 Å². The Morgan fingerprint density at radius 3 is 2.50 bits per heavy atom. The first-order valence-corrected chi connectivity index (χ1v) is 10.3. The molecule has 0 fully saturated rings. The van der Waals surface area contributed by atoms with Gasteiger partial charge in [0.2, 0.25) is 0 Å². The summed E-state index contributed by atoms with van der Waals surface area (Å²) in [4.78, 5) is 26.3. The lowest BCUT2D eigenvalue weighted by Crippen LogP contribution is -2.38. The van der Waals surface area contributed by atoms with Crippen molar-refractivity contribution in [3.63, 3.8) is 0 Å². The minimum Gasteiger partial charge on any atom is -0.484 e. The number of aryl methyl sites for hydroxylation is 1. The second-order valence-corrected chi connectivity index (χ2v) is 7.41. The minimum absolute atomic E-state index is 0.109. The number of rotatable bonds is 7. The zero-order chi connectivity index (χ0) is 22.5. The van der Waals surface area contributed by atoms with E-state index in [1.54, 1.807) is 35.2 Å². The molecule has 0 saturated carbocycles. The molecule has 3 aromatic rings. The SMILES string of the molecule is CCc1ccc(OCC(=O)Nc2ccc3c(c2)OCC(=O)N3Cc2ccc(F)cc2)cc1. The lowest BCUT2D eigenvalue weighted by molar-refractivity contribution is -0.121. The smallest absolute Gasteiger partial charge is 0.265 e. The quantitative estimate of drug-likeness (QED) is 0.601. The van der Waals surface area contributed by atoms with Gasteiger partial charge in [0.1, 0.15) is 17.3 Å². The Morgan fingerprint density at radius 1 is 1.06 bits per heavy atom. The number of carbonyl (C=O) groups excluding carboxylic acids is 2. The summed E-state index contributed by atoms with van der Waals surface area (Å²) < 4.78 is 24.3. The van der Waals surface area contributed by atoms with Crippen LogP contribution in [0.25, 0.3) is 0 Å². The van der Waals surface area contributed by atoms with Gasteiger partial charge >= 0.3 is 0 Å². The number of nitrogens with one attached hydrogen (secondary N) is 1. The van der Waals surface area contributed by atoms with E-state index in [1.165, 1.54) is 17.7 Å². The second kappa shape index (κ2) is 9.51. The molecule has 0 unspecified atom stereocenters. The van der Waals surface area contributed by atoms with Crippen molar-refractivity contribution in [2.45, 2.75) is 19.9 Å². The van der Waals surface area contributed by atoms with Crippen LogP contribution in [-0.4, -0.2) is 25.0 Å². The van der Waals surface area contributed by atoms with Crippen LogP contribution >= 0.6 is 0 Å². The summed E-state index contributed by atoms with van der Waals surface area (Å²) in [6.45, 7) is 2.14. The highest BCUT2D eigenvalue weighted by atomic mass is 19.1. The predicted molar refractivity (Wildman–Crippen MR) is 119 cm³/mol. The molecule has 32 heavy (non-hydrogen) atoms. The van der Waals surface area contributed by atoms with E-state index >= 15 is 0 Å². The van der Waals surface area contributed by atoms with Gasteiger partial charge in [-0.1, -0.05) is 31.2 Å². The van der Waals surface area contributed by atoms with E-state index in [-0.39, 0.29) is 30.8 Å². The Balaban J connectivity index is 1.40. The van der Waals surface area contributed by atoms with E-state index in [4.69, 9.17) is 9.47 Å². The van der Waals surface area contributed by atoms with E-state index in [0.29, 0.717) is 29.4 Å². The topological polar surface area (TPSA) is 67.9 Å². The predicted octanol–water partition coefficient (Wildman–Crippen LogP) is 4.33. The number of halogens is 1. The van der Waals surface area contributed by atoms with Crippen molar-refractivity contribution in [2.24, 2.45) is 0 Å². The molecule has 0 atom stereocenters. The van der Waals surface area contributed by atoms with Gasteiger partial charge in [0.15, 0.2) is 13.2 Å². The fraction of sp³-hybridized carbons (Fsp3) is 0.200.